The summed E-state index contributed by atoms with van der Waals surface area (Å²) >= 11 is 0. The van der Waals surface area contributed by atoms with E-state index >= 15 is 0 Å². The number of carbonyl (C=O) groups is 1. The van der Waals surface area contributed by atoms with Gasteiger partial charge in [-0.05, 0) is 64.7 Å². The molecule has 0 N–H and O–H groups in total. The number of hydrogen-bond donors (Lipinski definition) is 0. The number of nitrogens with zero attached hydrogens (tertiary/aromatic N) is 5. The fraction of sp³-hybridized carbons (Fsp3) is 0.417. The molecule has 1 amide bonds. The first-order valence-corrected chi connectivity index (χ1v) is 10.6. The predicted octanol–water partition coefficient (Wildman–Crippen LogP) is 3.95. The molecule has 7 heteroatoms. The summed E-state index contributed by atoms with van der Waals surface area (Å²) < 4.78 is 7.26. The molecular formula is C24H27N5O2. The molecule has 160 valence electrons. The van der Waals surface area contributed by atoms with Gasteiger partial charge in [0.2, 0.25) is 0 Å². The van der Waals surface area contributed by atoms with Gasteiger partial charge in [0.05, 0.1) is 11.8 Å². The summed E-state index contributed by atoms with van der Waals surface area (Å²) in [6.07, 6.45) is 5.25. The third-order valence-electron chi connectivity index (χ3n) is 5.10. The standard InChI is InChI=1S/C24H27N5O2/c1-17-12-14-29-22(26-17)18(15-25-29)10-11-20-8-5-9-21(27-20)19-7-6-13-28(16-19)23(30)31-24(2,3)4/h5,8-9,12,14-15,19H,6-7,13,16H2,1-4H3. The molecule has 1 saturated heterocycles. The minimum Gasteiger partial charge on any atom is -0.444 e. The molecule has 4 rings (SSSR count). The summed E-state index contributed by atoms with van der Waals surface area (Å²) in [6.45, 7) is 8.92. The van der Waals surface area contributed by atoms with Crippen molar-refractivity contribution in [3.63, 3.8) is 0 Å². The van der Waals surface area contributed by atoms with E-state index in [1.165, 1.54) is 0 Å². The number of ether oxygens (including phenoxy) is 1. The molecule has 0 spiro atoms. The Morgan fingerprint density at radius 1 is 1.19 bits per heavy atom. The van der Waals surface area contributed by atoms with E-state index in [4.69, 9.17) is 9.72 Å². The monoisotopic (exact) mass is 417 g/mol. The fourth-order valence-electron chi connectivity index (χ4n) is 3.64. The van der Waals surface area contributed by atoms with E-state index < -0.39 is 5.60 Å². The Balaban J connectivity index is 1.52. The van der Waals surface area contributed by atoms with Gasteiger partial charge in [0.15, 0.2) is 5.65 Å². The molecule has 0 saturated carbocycles. The van der Waals surface area contributed by atoms with Crippen LogP contribution in [0.15, 0.2) is 36.7 Å². The molecule has 4 heterocycles. The van der Waals surface area contributed by atoms with E-state index in [0.717, 1.165) is 35.4 Å². The summed E-state index contributed by atoms with van der Waals surface area (Å²) in [5.41, 5.74) is 3.58. The van der Waals surface area contributed by atoms with Crippen molar-refractivity contribution in [3.05, 3.63) is 59.3 Å². The van der Waals surface area contributed by atoms with Gasteiger partial charge >= 0.3 is 6.09 Å². The average molecular weight is 418 g/mol. The number of amides is 1. The van der Waals surface area contributed by atoms with E-state index in [1.54, 1.807) is 15.6 Å². The molecule has 1 aliphatic rings. The number of pyridine rings is 1. The van der Waals surface area contributed by atoms with Crippen molar-refractivity contribution in [1.82, 2.24) is 24.5 Å². The van der Waals surface area contributed by atoms with Crippen molar-refractivity contribution < 1.29 is 9.53 Å². The zero-order chi connectivity index (χ0) is 22.0. The van der Waals surface area contributed by atoms with E-state index in [9.17, 15) is 4.79 Å². The van der Waals surface area contributed by atoms with Gasteiger partial charge in [0.1, 0.15) is 11.3 Å². The first kappa shape index (κ1) is 20.9. The molecular weight excluding hydrogens is 390 g/mol. The highest BCUT2D eigenvalue weighted by Gasteiger charge is 2.28. The first-order valence-electron chi connectivity index (χ1n) is 10.6. The minimum atomic E-state index is -0.497. The number of hydrogen-bond acceptors (Lipinski definition) is 5. The van der Waals surface area contributed by atoms with Crippen LogP contribution in [0.5, 0.6) is 0 Å². The number of carbonyl (C=O) groups excluding carboxylic acids is 1. The van der Waals surface area contributed by atoms with Gasteiger partial charge in [-0.15, -0.1) is 0 Å². The minimum absolute atomic E-state index is 0.171. The molecule has 1 atom stereocenters. The summed E-state index contributed by atoms with van der Waals surface area (Å²) in [7, 11) is 0. The second kappa shape index (κ2) is 8.38. The highest BCUT2D eigenvalue weighted by Crippen LogP contribution is 2.27. The fourth-order valence-corrected chi connectivity index (χ4v) is 3.64. The molecule has 0 aromatic carbocycles. The first-order chi connectivity index (χ1) is 14.8. The Morgan fingerprint density at radius 3 is 2.84 bits per heavy atom. The molecule has 31 heavy (non-hydrogen) atoms. The Kier molecular flexibility index (Phi) is 5.64. The lowest BCUT2D eigenvalue weighted by atomic mass is 9.94. The Hall–Kier alpha value is -3.40. The third kappa shape index (κ3) is 5.02. The number of likely N-dealkylation sites (tertiary alicyclic amines) is 1. The Labute approximate surface area is 182 Å². The zero-order valence-corrected chi connectivity index (χ0v) is 18.4. The van der Waals surface area contributed by atoms with Crippen molar-refractivity contribution in [1.29, 1.82) is 0 Å². The van der Waals surface area contributed by atoms with Crippen LogP contribution in [0.2, 0.25) is 0 Å². The molecule has 1 unspecified atom stereocenters. The second-order valence-corrected chi connectivity index (χ2v) is 8.86. The lowest BCUT2D eigenvalue weighted by Gasteiger charge is -2.34. The van der Waals surface area contributed by atoms with E-state index in [-0.39, 0.29) is 12.0 Å². The molecule has 0 radical (unpaired) electrons. The maximum Gasteiger partial charge on any atom is 0.410 e. The van der Waals surface area contributed by atoms with Crippen LogP contribution in [0.25, 0.3) is 5.65 Å². The second-order valence-electron chi connectivity index (χ2n) is 8.86. The third-order valence-corrected chi connectivity index (χ3v) is 5.10. The molecule has 1 aliphatic heterocycles. The Morgan fingerprint density at radius 2 is 2.03 bits per heavy atom. The molecule has 0 bridgehead atoms. The topological polar surface area (TPSA) is 72.6 Å². The summed E-state index contributed by atoms with van der Waals surface area (Å²) in [5, 5.41) is 4.30. The molecule has 1 fully saturated rings. The highest BCUT2D eigenvalue weighted by molar-refractivity contribution is 5.68. The number of piperidine rings is 1. The van der Waals surface area contributed by atoms with Crippen molar-refractivity contribution in [2.45, 2.75) is 52.1 Å². The van der Waals surface area contributed by atoms with Crippen molar-refractivity contribution >= 4 is 11.7 Å². The van der Waals surface area contributed by atoms with Crippen LogP contribution in [0.4, 0.5) is 4.79 Å². The molecule has 3 aromatic heterocycles. The summed E-state index contributed by atoms with van der Waals surface area (Å²) in [5.74, 6) is 6.47. The quantitative estimate of drug-likeness (QED) is 0.561. The molecule has 3 aromatic rings. The van der Waals surface area contributed by atoms with Crippen LogP contribution in [0.3, 0.4) is 0 Å². The van der Waals surface area contributed by atoms with E-state index in [2.05, 4.69) is 21.9 Å². The maximum absolute atomic E-state index is 12.5. The SMILES string of the molecule is Cc1ccn2ncc(C#Cc3cccc(C4CCCN(C(=O)OC(C)(C)C)C4)n3)c2n1. The average Bonchev–Trinajstić information content (AvgIpc) is 3.13. The van der Waals surface area contributed by atoms with E-state index in [1.807, 2.05) is 58.2 Å². The number of aryl methyl sites for hydroxylation is 1. The van der Waals surface area contributed by atoms with Crippen molar-refractivity contribution in [2.24, 2.45) is 0 Å². The van der Waals surface area contributed by atoms with Gasteiger partial charge in [-0.1, -0.05) is 12.0 Å². The van der Waals surface area contributed by atoms with Gasteiger partial charge in [0.25, 0.3) is 0 Å². The largest absolute Gasteiger partial charge is 0.444 e. The van der Waals surface area contributed by atoms with Crippen LogP contribution in [0.1, 0.15) is 62.2 Å². The van der Waals surface area contributed by atoms with Crippen LogP contribution >= 0.6 is 0 Å². The summed E-state index contributed by atoms with van der Waals surface area (Å²) in [6, 6.07) is 7.79. The predicted molar refractivity (Wildman–Crippen MR) is 118 cm³/mol. The van der Waals surface area contributed by atoms with Gasteiger partial charge < -0.3 is 9.64 Å². The lowest BCUT2D eigenvalue weighted by Crippen LogP contribution is -2.42. The van der Waals surface area contributed by atoms with Gasteiger partial charge in [-0.25, -0.2) is 19.3 Å². The van der Waals surface area contributed by atoms with Crippen LogP contribution in [-0.4, -0.2) is 49.3 Å². The van der Waals surface area contributed by atoms with Crippen molar-refractivity contribution in [3.8, 4) is 11.8 Å². The highest BCUT2D eigenvalue weighted by atomic mass is 16.6. The smallest absolute Gasteiger partial charge is 0.410 e. The number of aromatic nitrogens is 4. The van der Waals surface area contributed by atoms with Gasteiger partial charge in [-0.3, -0.25) is 0 Å². The molecule has 0 aliphatic carbocycles. The van der Waals surface area contributed by atoms with Crippen LogP contribution in [-0.2, 0) is 4.74 Å². The number of fused-ring (bicyclic) bond motifs is 1. The van der Waals surface area contributed by atoms with Crippen LogP contribution < -0.4 is 0 Å². The van der Waals surface area contributed by atoms with Crippen molar-refractivity contribution in [2.75, 3.05) is 13.1 Å². The maximum atomic E-state index is 12.5. The van der Waals surface area contributed by atoms with Gasteiger partial charge in [-0.2, -0.15) is 5.10 Å². The zero-order valence-electron chi connectivity index (χ0n) is 18.4. The lowest BCUT2D eigenvalue weighted by molar-refractivity contribution is 0.0197. The number of rotatable bonds is 1. The van der Waals surface area contributed by atoms with E-state index in [0.29, 0.717) is 18.8 Å². The summed E-state index contributed by atoms with van der Waals surface area (Å²) in [4.78, 5) is 23.5. The normalized spacial score (nSPS) is 16.6. The van der Waals surface area contributed by atoms with Crippen LogP contribution in [0, 0.1) is 18.8 Å². The molecule has 7 nitrogen and oxygen atoms in total. The Bertz CT molecular complexity index is 1170. The van der Waals surface area contributed by atoms with Gasteiger partial charge in [0, 0.05) is 36.6 Å².